The van der Waals surface area contributed by atoms with Crippen molar-refractivity contribution in [1.82, 2.24) is 4.98 Å². The number of sulfone groups is 1. The van der Waals surface area contributed by atoms with Crippen LogP contribution in [0.4, 0.5) is 5.13 Å². The van der Waals surface area contributed by atoms with E-state index in [1.807, 2.05) is 6.92 Å². The van der Waals surface area contributed by atoms with Gasteiger partial charge < -0.3 is 5.32 Å². The molecule has 1 N–H and O–H groups in total. The van der Waals surface area contributed by atoms with Crippen molar-refractivity contribution in [1.29, 1.82) is 0 Å². The first-order chi connectivity index (χ1) is 11.9. The summed E-state index contributed by atoms with van der Waals surface area (Å²) in [6.07, 6.45) is 4.51. The summed E-state index contributed by atoms with van der Waals surface area (Å²) >= 11 is 1.47. The molecule has 0 saturated heterocycles. The van der Waals surface area contributed by atoms with E-state index < -0.39 is 20.5 Å². The summed E-state index contributed by atoms with van der Waals surface area (Å²) in [7, 11) is -3.73. The van der Waals surface area contributed by atoms with Gasteiger partial charge in [-0.15, -0.1) is 11.3 Å². The Morgan fingerprint density at radius 1 is 1.16 bits per heavy atom. The zero-order valence-corrected chi connectivity index (χ0v) is 15.7. The number of fused-ring (bicyclic) bond motifs is 1. The first-order valence-corrected chi connectivity index (χ1v) is 10.8. The summed E-state index contributed by atoms with van der Waals surface area (Å²) in [5, 5.41) is 3.32. The van der Waals surface area contributed by atoms with Crippen LogP contribution in [0.15, 0.2) is 29.2 Å². The number of aromatic nitrogens is 1. The third kappa shape index (κ3) is 2.60. The van der Waals surface area contributed by atoms with Crippen molar-refractivity contribution in [2.75, 3.05) is 5.32 Å². The van der Waals surface area contributed by atoms with Crippen LogP contribution in [-0.4, -0.2) is 24.1 Å². The van der Waals surface area contributed by atoms with E-state index in [-0.39, 0.29) is 4.90 Å². The van der Waals surface area contributed by atoms with E-state index in [9.17, 15) is 13.2 Å². The van der Waals surface area contributed by atoms with Crippen LogP contribution in [0.25, 0.3) is 0 Å². The van der Waals surface area contributed by atoms with Crippen molar-refractivity contribution in [3.63, 3.8) is 0 Å². The van der Waals surface area contributed by atoms with Crippen molar-refractivity contribution < 1.29 is 13.2 Å². The summed E-state index contributed by atoms with van der Waals surface area (Å²) in [5.74, 6) is -0.438. The molecule has 0 aliphatic heterocycles. The van der Waals surface area contributed by atoms with Crippen LogP contribution >= 0.6 is 11.3 Å². The van der Waals surface area contributed by atoms with Gasteiger partial charge in [-0.3, -0.25) is 4.79 Å². The summed E-state index contributed by atoms with van der Waals surface area (Å²) in [6.45, 7) is 1.91. The Kier molecular flexibility index (Phi) is 3.96. The quantitative estimate of drug-likeness (QED) is 0.888. The zero-order chi connectivity index (χ0) is 17.7. The first kappa shape index (κ1) is 16.7. The molecule has 0 unspecified atom stereocenters. The lowest BCUT2D eigenvalue weighted by Crippen LogP contribution is -2.54. The fourth-order valence-corrected chi connectivity index (χ4v) is 6.63. The van der Waals surface area contributed by atoms with Crippen LogP contribution in [0, 0.1) is 6.92 Å². The van der Waals surface area contributed by atoms with Gasteiger partial charge in [0.2, 0.25) is 5.91 Å². The maximum atomic E-state index is 13.1. The average Bonchev–Trinajstić information content (AvgIpc) is 3.07. The SMILES string of the molecule is Cc1ccc(S(=O)(=O)C2(C(=O)Nc3nc4c(s3)CCC4)CCC2)cc1. The predicted molar refractivity (Wildman–Crippen MR) is 97.7 cm³/mol. The largest absolute Gasteiger partial charge is 0.301 e. The highest BCUT2D eigenvalue weighted by molar-refractivity contribution is 7.93. The highest BCUT2D eigenvalue weighted by Crippen LogP contribution is 2.44. The molecule has 1 fully saturated rings. The number of benzene rings is 1. The van der Waals surface area contributed by atoms with Gasteiger partial charge in [-0.25, -0.2) is 13.4 Å². The van der Waals surface area contributed by atoms with E-state index in [1.165, 1.54) is 16.2 Å². The lowest BCUT2D eigenvalue weighted by Gasteiger charge is -2.38. The van der Waals surface area contributed by atoms with E-state index in [0.29, 0.717) is 18.0 Å². The number of hydrogen-bond donors (Lipinski definition) is 1. The molecule has 2 aliphatic rings. The second-order valence-electron chi connectivity index (χ2n) is 6.86. The normalized spacial score (nSPS) is 18.4. The van der Waals surface area contributed by atoms with Crippen LogP contribution in [0.5, 0.6) is 0 Å². The molecule has 0 bridgehead atoms. The van der Waals surface area contributed by atoms with E-state index in [0.717, 1.165) is 36.9 Å². The molecule has 1 saturated carbocycles. The summed E-state index contributed by atoms with van der Waals surface area (Å²) < 4.78 is 24.9. The maximum Gasteiger partial charge on any atom is 0.248 e. The standard InChI is InChI=1S/C18H20N2O3S2/c1-12-6-8-13(9-7-12)25(22,23)18(10-3-11-18)16(21)20-17-19-14-4-2-5-15(14)24-17/h6-9H,2-5,10-11H2,1H3,(H,19,20,21). The number of carbonyl (C=O) groups excluding carboxylic acids is 1. The fraction of sp³-hybridized carbons (Fsp3) is 0.444. The number of rotatable bonds is 4. The number of amides is 1. The molecule has 0 radical (unpaired) electrons. The van der Waals surface area contributed by atoms with Crippen LogP contribution in [0.2, 0.25) is 0 Å². The van der Waals surface area contributed by atoms with Crippen molar-refractivity contribution in [3.8, 4) is 0 Å². The fourth-order valence-electron chi connectivity index (χ4n) is 3.51. The molecule has 1 aromatic heterocycles. The predicted octanol–water partition coefficient (Wildman–Crippen LogP) is 3.28. The van der Waals surface area contributed by atoms with Crippen LogP contribution < -0.4 is 5.32 Å². The van der Waals surface area contributed by atoms with Crippen LogP contribution in [0.1, 0.15) is 41.8 Å². The summed E-state index contributed by atoms with van der Waals surface area (Å²) in [6, 6.07) is 6.72. The van der Waals surface area contributed by atoms with Gasteiger partial charge in [0.25, 0.3) is 0 Å². The number of thiazole rings is 1. The van der Waals surface area contributed by atoms with Gasteiger partial charge in [-0.2, -0.15) is 0 Å². The topological polar surface area (TPSA) is 76.1 Å². The zero-order valence-electron chi connectivity index (χ0n) is 14.0. The average molecular weight is 377 g/mol. The van der Waals surface area contributed by atoms with Crippen molar-refractivity contribution in [2.45, 2.75) is 55.1 Å². The molecule has 1 heterocycles. The van der Waals surface area contributed by atoms with Crippen molar-refractivity contribution in [3.05, 3.63) is 40.4 Å². The smallest absolute Gasteiger partial charge is 0.248 e. The molecule has 7 heteroatoms. The molecule has 25 heavy (non-hydrogen) atoms. The second kappa shape index (κ2) is 5.92. The Morgan fingerprint density at radius 2 is 1.88 bits per heavy atom. The summed E-state index contributed by atoms with van der Waals surface area (Å²) in [4.78, 5) is 18.8. The first-order valence-electron chi connectivity index (χ1n) is 8.54. The molecule has 0 spiro atoms. The molecule has 2 aliphatic carbocycles. The number of anilines is 1. The molecule has 1 aromatic carbocycles. The van der Waals surface area contributed by atoms with Crippen LogP contribution in [-0.2, 0) is 27.5 Å². The van der Waals surface area contributed by atoms with E-state index in [1.54, 1.807) is 24.3 Å². The molecule has 5 nitrogen and oxygen atoms in total. The molecule has 0 atom stereocenters. The van der Waals surface area contributed by atoms with Gasteiger partial charge in [-0.05, 0) is 57.6 Å². The Bertz CT molecular complexity index is 904. The van der Waals surface area contributed by atoms with E-state index >= 15 is 0 Å². The van der Waals surface area contributed by atoms with Gasteiger partial charge >= 0.3 is 0 Å². The van der Waals surface area contributed by atoms with Gasteiger partial charge in [0.1, 0.15) is 0 Å². The van der Waals surface area contributed by atoms with Crippen LogP contribution in [0.3, 0.4) is 0 Å². The molecule has 4 rings (SSSR count). The third-order valence-electron chi connectivity index (χ3n) is 5.24. The van der Waals surface area contributed by atoms with Gasteiger partial charge in [-0.1, -0.05) is 17.7 Å². The Labute approximate surface area is 151 Å². The minimum absolute atomic E-state index is 0.217. The molecule has 1 amide bonds. The molecule has 2 aromatic rings. The lowest BCUT2D eigenvalue weighted by molar-refractivity contribution is -0.120. The molecule has 132 valence electrons. The lowest BCUT2D eigenvalue weighted by atomic mass is 9.83. The van der Waals surface area contributed by atoms with Crippen molar-refractivity contribution >= 4 is 32.2 Å². The van der Waals surface area contributed by atoms with Gasteiger partial charge in [0.05, 0.1) is 10.6 Å². The number of nitrogens with one attached hydrogen (secondary N) is 1. The third-order valence-corrected chi connectivity index (χ3v) is 8.82. The number of aryl methyl sites for hydroxylation is 3. The summed E-state index contributed by atoms with van der Waals surface area (Å²) in [5.41, 5.74) is 2.03. The second-order valence-corrected chi connectivity index (χ2v) is 10.2. The van der Waals surface area contributed by atoms with Gasteiger partial charge in [0, 0.05) is 4.88 Å². The minimum Gasteiger partial charge on any atom is -0.301 e. The number of carbonyl (C=O) groups is 1. The molecular weight excluding hydrogens is 356 g/mol. The van der Waals surface area contributed by atoms with E-state index in [4.69, 9.17) is 0 Å². The Hall–Kier alpha value is -1.73. The van der Waals surface area contributed by atoms with Crippen molar-refractivity contribution in [2.24, 2.45) is 0 Å². The highest BCUT2D eigenvalue weighted by atomic mass is 32.2. The monoisotopic (exact) mass is 376 g/mol. The highest BCUT2D eigenvalue weighted by Gasteiger charge is 2.55. The number of nitrogens with zero attached hydrogens (tertiary/aromatic N) is 1. The molecular formula is C18H20N2O3S2. The Balaban J connectivity index is 1.63. The van der Waals surface area contributed by atoms with E-state index in [2.05, 4.69) is 10.3 Å². The minimum atomic E-state index is -3.73. The number of hydrogen-bond acceptors (Lipinski definition) is 5. The van der Waals surface area contributed by atoms with Gasteiger partial charge in [0.15, 0.2) is 19.7 Å². The Morgan fingerprint density at radius 3 is 2.48 bits per heavy atom. The maximum absolute atomic E-state index is 13.1.